The minimum atomic E-state index is -3.98. The lowest BCUT2D eigenvalue weighted by molar-refractivity contribution is 0.588. The maximum atomic E-state index is 13.6. The normalized spacial score (nSPS) is 12.2. The van der Waals surface area contributed by atoms with Gasteiger partial charge >= 0.3 is 0 Å². The van der Waals surface area contributed by atoms with E-state index >= 15 is 0 Å². The van der Waals surface area contributed by atoms with Crippen LogP contribution in [0.2, 0.25) is 0 Å². The third-order valence-electron chi connectivity index (χ3n) is 6.23. The Balaban J connectivity index is 1.47. The van der Waals surface area contributed by atoms with E-state index in [0.717, 1.165) is 20.4 Å². The number of fused-ring (bicyclic) bond motifs is 2. The van der Waals surface area contributed by atoms with Gasteiger partial charge in [0.15, 0.2) is 5.65 Å². The molecule has 0 amide bonds. The Hall–Kier alpha value is -4.79. The summed E-state index contributed by atoms with van der Waals surface area (Å²) in [5.74, 6) is 0.436. The number of anilines is 4. The number of aromatic nitrogens is 5. The molecular formula is C26H22N8O4S2. The molecule has 0 aliphatic rings. The lowest BCUT2D eigenvalue weighted by Gasteiger charge is -2.13. The summed E-state index contributed by atoms with van der Waals surface area (Å²) in [4.78, 5) is 9.18. The Morgan fingerprint density at radius 2 is 1.52 bits per heavy atom. The van der Waals surface area contributed by atoms with Crippen molar-refractivity contribution in [3.05, 3.63) is 90.8 Å². The quantitative estimate of drug-likeness (QED) is 0.219. The van der Waals surface area contributed by atoms with Crippen LogP contribution in [0.3, 0.4) is 0 Å². The van der Waals surface area contributed by atoms with Gasteiger partial charge < -0.3 is 10.6 Å². The third-order valence-corrected chi connectivity index (χ3v) is 8.84. The highest BCUT2D eigenvalue weighted by atomic mass is 32.2. The first-order valence-corrected chi connectivity index (χ1v) is 14.9. The molecule has 40 heavy (non-hydrogen) atoms. The van der Waals surface area contributed by atoms with Crippen LogP contribution in [-0.4, -0.2) is 41.0 Å². The molecule has 12 nitrogen and oxygen atoms in total. The molecule has 3 aromatic carbocycles. The van der Waals surface area contributed by atoms with Crippen LogP contribution in [0.4, 0.5) is 23.1 Å². The minimum Gasteiger partial charge on any atom is -0.339 e. The summed E-state index contributed by atoms with van der Waals surface area (Å²) < 4.78 is 51.5. The van der Waals surface area contributed by atoms with Crippen LogP contribution in [0.25, 0.3) is 21.9 Å². The Labute approximate surface area is 229 Å². The first-order chi connectivity index (χ1) is 19.1. The highest BCUT2D eigenvalue weighted by Gasteiger charge is 2.22. The van der Waals surface area contributed by atoms with Crippen molar-refractivity contribution in [2.45, 2.75) is 16.7 Å². The van der Waals surface area contributed by atoms with Gasteiger partial charge in [-0.05, 0) is 67.6 Å². The number of nitrogens with zero attached hydrogens (tertiary/aromatic N) is 4. The molecule has 0 saturated heterocycles. The molecule has 14 heteroatoms. The summed E-state index contributed by atoms with van der Waals surface area (Å²) >= 11 is 0. The van der Waals surface area contributed by atoms with E-state index in [1.165, 1.54) is 30.5 Å². The van der Waals surface area contributed by atoms with Crippen molar-refractivity contribution in [1.29, 1.82) is 0 Å². The Morgan fingerprint density at radius 1 is 0.825 bits per heavy atom. The molecule has 6 rings (SSSR count). The van der Waals surface area contributed by atoms with Crippen LogP contribution >= 0.6 is 0 Å². The number of benzene rings is 3. The molecule has 0 saturated carbocycles. The molecule has 0 bridgehead atoms. The fraction of sp³-hybridized carbons (Fsp3) is 0.0385. The molecule has 5 N–H and O–H groups in total. The zero-order chi connectivity index (χ0) is 28.1. The monoisotopic (exact) mass is 574 g/mol. The van der Waals surface area contributed by atoms with Crippen molar-refractivity contribution in [3.63, 3.8) is 0 Å². The highest BCUT2D eigenvalue weighted by molar-refractivity contribution is 7.90. The van der Waals surface area contributed by atoms with Crippen LogP contribution in [0, 0.1) is 6.92 Å². The van der Waals surface area contributed by atoms with E-state index in [9.17, 15) is 16.8 Å². The number of rotatable bonds is 7. The summed E-state index contributed by atoms with van der Waals surface area (Å²) in [6.45, 7) is 1.88. The molecule has 0 unspecified atom stereocenters. The molecule has 0 atom stereocenters. The molecule has 3 aromatic heterocycles. The van der Waals surface area contributed by atoms with E-state index in [-0.39, 0.29) is 21.4 Å². The van der Waals surface area contributed by atoms with E-state index < -0.39 is 20.0 Å². The van der Waals surface area contributed by atoms with E-state index in [1.54, 1.807) is 36.5 Å². The topological polar surface area (TPSA) is 178 Å². The highest BCUT2D eigenvalue weighted by Crippen LogP contribution is 2.30. The first kappa shape index (κ1) is 25.5. The summed E-state index contributed by atoms with van der Waals surface area (Å²) in [7, 11) is -7.85. The molecule has 3 heterocycles. The molecule has 0 aliphatic heterocycles. The fourth-order valence-corrected chi connectivity index (χ4v) is 5.98. The van der Waals surface area contributed by atoms with Gasteiger partial charge in [-0.2, -0.15) is 15.1 Å². The maximum Gasteiger partial charge on any atom is 0.269 e. The molecule has 0 spiro atoms. The zero-order valence-corrected chi connectivity index (χ0v) is 22.5. The number of H-pyrrole nitrogens is 1. The molecule has 0 radical (unpaired) electrons. The average Bonchev–Trinajstić information content (AvgIpc) is 3.56. The fourth-order valence-electron chi connectivity index (χ4n) is 4.17. The molecule has 0 fully saturated rings. The summed E-state index contributed by atoms with van der Waals surface area (Å²) in [5.41, 5.74) is 3.04. The number of aromatic amines is 1. The number of hydrogen-bond donors (Lipinski definition) is 4. The van der Waals surface area contributed by atoms with Gasteiger partial charge in [-0.25, -0.2) is 25.9 Å². The molecule has 0 aliphatic carbocycles. The lowest BCUT2D eigenvalue weighted by Crippen LogP contribution is -2.13. The predicted molar refractivity (Wildman–Crippen MR) is 152 cm³/mol. The van der Waals surface area contributed by atoms with Crippen molar-refractivity contribution in [2.75, 3.05) is 10.6 Å². The zero-order valence-electron chi connectivity index (χ0n) is 20.9. The van der Waals surface area contributed by atoms with Crippen LogP contribution < -0.4 is 15.8 Å². The maximum absolute atomic E-state index is 13.6. The largest absolute Gasteiger partial charge is 0.339 e. The second kappa shape index (κ2) is 9.44. The smallest absolute Gasteiger partial charge is 0.269 e. The Morgan fingerprint density at radius 3 is 2.25 bits per heavy atom. The summed E-state index contributed by atoms with van der Waals surface area (Å²) in [5, 5.41) is 19.8. The van der Waals surface area contributed by atoms with Crippen molar-refractivity contribution < 1.29 is 16.8 Å². The van der Waals surface area contributed by atoms with Crippen molar-refractivity contribution in [2.24, 2.45) is 5.14 Å². The predicted octanol–water partition coefficient (Wildman–Crippen LogP) is 3.99. The van der Waals surface area contributed by atoms with Gasteiger partial charge in [0.2, 0.25) is 16.0 Å². The van der Waals surface area contributed by atoms with Gasteiger partial charge in [-0.1, -0.05) is 17.7 Å². The van der Waals surface area contributed by atoms with E-state index in [1.807, 2.05) is 25.1 Å². The van der Waals surface area contributed by atoms with Gasteiger partial charge in [0.25, 0.3) is 10.0 Å². The number of sulfonamides is 1. The Bertz CT molecular complexity index is 2100. The SMILES string of the molecule is Cc1ccc(S(=O)(=O)n2ccc3c(Nc4ccc5cn[nH]c5c4)nc(Nc4ccc(S(N)(=O)=O)cc4)nc32)cc1. The molecule has 6 aromatic rings. The second-order valence-corrected chi connectivity index (χ2v) is 12.4. The summed E-state index contributed by atoms with van der Waals surface area (Å²) in [6.07, 6.45) is 3.14. The minimum absolute atomic E-state index is 0.0518. The number of hydrogen-bond acceptors (Lipinski definition) is 9. The number of aryl methyl sites for hydroxylation is 1. The van der Waals surface area contributed by atoms with Crippen LogP contribution in [0.1, 0.15) is 5.56 Å². The third kappa shape index (κ3) is 4.75. The lowest BCUT2D eigenvalue weighted by atomic mass is 10.2. The Kier molecular flexibility index (Phi) is 6.02. The van der Waals surface area contributed by atoms with E-state index in [4.69, 9.17) is 5.14 Å². The van der Waals surface area contributed by atoms with E-state index in [2.05, 4.69) is 30.8 Å². The van der Waals surface area contributed by atoms with Crippen molar-refractivity contribution in [3.8, 4) is 0 Å². The van der Waals surface area contributed by atoms with Crippen molar-refractivity contribution >= 4 is 65.1 Å². The van der Waals surface area contributed by atoms with Crippen LogP contribution in [-0.2, 0) is 20.0 Å². The first-order valence-electron chi connectivity index (χ1n) is 11.9. The van der Waals surface area contributed by atoms with Gasteiger partial charge in [0, 0.05) is 23.0 Å². The standard InChI is InChI=1S/C26H22N8O4S2/c1-16-2-8-21(9-3-16)40(37,38)34-13-12-22-24(29-19-5-4-17-15-28-33-23(17)14-19)31-26(32-25(22)34)30-18-6-10-20(11-7-18)39(27,35)36/h2-15H,1H3,(H,28,33)(H2,27,35,36)(H2,29,30,31,32). The van der Waals surface area contributed by atoms with Crippen LogP contribution in [0.15, 0.2) is 95.0 Å². The van der Waals surface area contributed by atoms with Gasteiger partial charge in [-0.15, -0.1) is 0 Å². The number of nitrogens with two attached hydrogens (primary N) is 1. The van der Waals surface area contributed by atoms with Crippen LogP contribution in [0.5, 0.6) is 0 Å². The van der Waals surface area contributed by atoms with Gasteiger partial charge in [0.1, 0.15) is 5.82 Å². The van der Waals surface area contributed by atoms with Gasteiger partial charge in [-0.3, -0.25) is 5.10 Å². The number of primary sulfonamides is 1. The second-order valence-electron chi connectivity index (χ2n) is 9.05. The van der Waals surface area contributed by atoms with Gasteiger partial charge in [0.05, 0.1) is 26.9 Å². The molecule has 202 valence electrons. The molecular weight excluding hydrogens is 552 g/mol. The van der Waals surface area contributed by atoms with E-state index in [0.29, 0.717) is 22.6 Å². The average molecular weight is 575 g/mol. The van der Waals surface area contributed by atoms with Crippen molar-refractivity contribution in [1.82, 2.24) is 24.1 Å². The summed E-state index contributed by atoms with van der Waals surface area (Å²) in [6, 6.07) is 19.5. The number of nitrogens with one attached hydrogen (secondary N) is 3.